The van der Waals surface area contributed by atoms with Gasteiger partial charge < -0.3 is 42.6 Å². The first-order valence-electron chi connectivity index (χ1n) is 38.6. The molecule has 19 rings (SSSR count). The van der Waals surface area contributed by atoms with Crippen molar-refractivity contribution in [1.29, 1.82) is 0 Å². The minimum Gasteiger partial charge on any atom is -0.438 e. The van der Waals surface area contributed by atoms with Crippen LogP contribution >= 0.6 is 0 Å². The van der Waals surface area contributed by atoms with Gasteiger partial charge in [-0.3, -0.25) is 14.4 Å². The van der Waals surface area contributed by atoms with Gasteiger partial charge in [0.2, 0.25) is 0 Å². The summed E-state index contributed by atoms with van der Waals surface area (Å²) in [5.74, 6) is 14.4. The molecule has 24 atom stereocenters. The Hall–Kier alpha value is -1.83. The molecule has 3 saturated heterocycles. The van der Waals surface area contributed by atoms with Gasteiger partial charge in [0.1, 0.15) is 0 Å². The maximum Gasteiger partial charge on any atom is 0.311 e. The summed E-state index contributed by atoms with van der Waals surface area (Å²) in [6, 6.07) is 0. The van der Waals surface area contributed by atoms with E-state index in [0.717, 1.165) is 118 Å². The first kappa shape index (κ1) is 64.2. The molecule has 0 amide bonds. The van der Waals surface area contributed by atoms with E-state index in [1.54, 1.807) is 0 Å². The van der Waals surface area contributed by atoms with Crippen molar-refractivity contribution in [3.05, 3.63) is 0 Å². The molecule has 0 aromatic carbocycles. The van der Waals surface area contributed by atoms with Gasteiger partial charge in [-0.1, -0.05) is 69.2 Å². The van der Waals surface area contributed by atoms with Crippen molar-refractivity contribution in [1.82, 2.24) is 0 Å². The van der Waals surface area contributed by atoms with Crippen LogP contribution in [0.5, 0.6) is 0 Å². The third kappa shape index (κ3) is 10.8. The Labute approximate surface area is 542 Å². The molecule has 12 nitrogen and oxygen atoms in total. The molecule has 16 aliphatic carbocycles. The van der Waals surface area contributed by atoms with Gasteiger partial charge >= 0.3 is 17.9 Å². The SMILES string of the molecule is CCC1OC(CC)C2C3CC(CC3C(=O)OCOC3C4(C)CCC(C4)C3(C)C)C12.CCC1OC(CC)C2C3CC(CC3C(=O)OCOCC3(C)C4CC5CC(C4)CC3C5)C12.CCC1OC(CC)C2C3CC(CC3C(=O)OCOCC34CC5CC(CC(C5)C3)C4)C12. The molecule has 0 spiro atoms. The van der Waals surface area contributed by atoms with Crippen LogP contribution < -0.4 is 0 Å². The maximum absolute atomic E-state index is 13.0. The highest BCUT2D eigenvalue weighted by Crippen LogP contribution is 2.68. The van der Waals surface area contributed by atoms with Crippen LogP contribution in [0, 0.1) is 158 Å². The van der Waals surface area contributed by atoms with Crippen molar-refractivity contribution in [2.75, 3.05) is 33.6 Å². The lowest BCUT2D eigenvalue weighted by atomic mass is 9.46. The maximum atomic E-state index is 13.0. The Balaban J connectivity index is 0.000000113. The number of hydrogen-bond acceptors (Lipinski definition) is 12. The van der Waals surface area contributed by atoms with E-state index in [4.69, 9.17) is 42.6 Å². The third-order valence-corrected chi connectivity index (χ3v) is 31.5. The lowest BCUT2D eigenvalue weighted by Crippen LogP contribution is -2.53. The summed E-state index contributed by atoms with van der Waals surface area (Å²) < 4.78 is 54.7. The minimum atomic E-state index is -0.0168. The second kappa shape index (κ2) is 24.9. The number of carbonyl (C=O) groups is 3. The summed E-state index contributed by atoms with van der Waals surface area (Å²) in [4.78, 5) is 39.0. The first-order valence-corrected chi connectivity index (χ1v) is 38.6. The molecule has 19 fully saturated rings. The predicted octanol–water partition coefficient (Wildman–Crippen LogP) is 15.8. The molecule has 12 heteroatoms. The van der Waals surface area contributed by atoms with E-state index in [9.17, 15) is 14.4 Å². The van der Waals surface area contributed by atoms with E-state index in [1.807, 2.05) is 0 Å². The fourth-order valence-electron chi connectivity index (χ4n) is 28.7. The molecule has 0 radical (unpaired) electrons. The number of carbonyl (C=O) groups excluding carboxylic acids is 3. The summed E-state index contributed by atoms with van der Waals surface area (Å²) in [6.07, 6.45) is 34.9. The van der Waals surface area contributed by atoms with Gasteiger partial charge in [-0.25, -0.2) is 0 Å². The largest absolute Gasteiger partial charge is 0.438 e. The van der Waals surface area contributed by atoms with E-state index in [-0.39, 0.29) is 73.0 Å². The lowest BCUT2D eigenvalue weighted by molar-refractivity contribution is -0.185. The number of hydrogen-bond donors (Lipinski definition) is 0. The second-order valence-electron chi connectivity index (χ2n) is 36.2. The molecule has 0 aromatic heterocycles. The Bertz CT molecular complexity index is 2510. The van der Waals surface area contributed by atoms with Crippen LogP contribution in [0.25, 0.3) is 0 Å². The summed E-state index contributed by atoms with van der Waals surface area (Å²) in [6.45, 7) is 24.9. The predicted molar refractivity (Wildman–Crippen MR) is 342 cm³/mol. The lowest BCUT2D eigenvalue weighted by Gasteiger charge is -2.60. The van der Waals surface area contributed by atoms with Gasteiger partial charge in [0.15, 0.2) is 20.4 Å². The van der Waals surface area contributed by atoms with Crippen molar-refractivity contribution in [3.63, 3.8) is 0 Å². The first-order chi connectivity index (χ1) is 43.4. The van der Waals surface area contributed by atoms with Gasteiger partial charge in [0.05, 0.1) is 73.7 Å². The van der Waals surface area contributed by atoms with Gasteiger partial charge in [-0.05, 0) is 307 Å². The molecular formula is C78H122O12. The molecule has 16 saturated carbocycles. The minimum absolute atomic E-state index is 0.00117. The van der Waals surface area contributed by atoms with Crippen LogP contribution in [0.4, 0.5) is 0 Å². The molecule has 0 N–H and O–H groups in total. The van der Waals surface area contributed by atoms with Crippen molar-refractivity contribution >= 4 is 17.9 Å². The van der Waals surface area contributed by atoms with Gasteiger partial charge in [-0.15, -0.1) is 0 Å². The molecule has 3 heterocycles. The zero-order chi connectivity index (χ0) is 62.3. The highest BCUT2D eigenvalue weighted by Gasteiger charge is 2.66. The molecule has 24 unspecified atom stereocenters. The zero-order valence-corrected chi connectivity index (χ0v) is 57.6. The number of rotatable bonds is 20. The number of fused-ring (bicyclic) bond motifs is 17. The molecule has 19 aliphatic rings. The summed E-state index contributed by atoms with van der Waals surface area (Å²) in [5.41, 5.74) is 1.13. The fourth-order valence-corrected chi connectivity index (χ4v) is 28.7. The van der Waals surface area contributed by atoms with Crippen molar-refractivity contribution in [3.8, 4) is 0 Å². The average Bonchev–Trinajstić information content (AvgIpc) is 1.36. The van der Waals surface area contributed by atoms with Crippen LogP contribution in [0.2, 0.25) is 0 Å². The topological polar surface area (TPSA) is 134 Å². The van der Waals surface area contributed by atoms with Crippen LogP contribution in [0.15, 0.2) is 0 Å². The van der Waals surface area contributed by atoms with Crippen LogP contribution in [0.3, 0.4) is 0 Å². The Morgan fingerprint density at radius 3 is 1.14 bits per heavy atom. The van der Waals surface area contributed by atoms with E-state index in [0.29, 0.717) is 118 Å². The fraction of sp³-hybridized carbons (Fsp3) is 0.962. The van der Waals surface area contributed by atoms with Gasteiger partial charge in [0.25, 0.3) is 0 Å². The quantitative estimate of drug-likeness (QED) is 0.0497. The number of ether oxygens (including phenoxy) is 9. The number of esters is 3. The highest BCUT2D eigenvalue weighted by molar-refractivity contribution is 5.74. The smallest absolute Gasteiger partial charge is 0.311 e. The monoisotopic (exact) mass is 1250 g/mol. The summed E-state index contributed by atoms with van der Waals surface area (Å²) in [5, 5.41) is 0. The van der Waals surface area contributed by atoms with E-state index in [2.05, 4.69) is 69.2 Å². The molecule has 506 valence electrons. The van der Waals surface area contributed by atoms with Gasteiger partial charge in [-0.2, -0.15) is 0 Å². The molecule has 16 bridgehead atoms. The van der Waals surface area contributed by atoms with E-state index >= 15 is 0 Å². The molecule has 0 aromatic rings. The summed E-state index contributed by atoms with van der Waals surface area (Å²) in [7, 11) is 0. The van der Waals surface area contributed by atoms with Crippen LogP contribution in [0.1, 0.15) is 236 Å². The second-order valence-corrected chi connectivity index (χ2v) is 36.2. The van der Waals surface area contributed by atoms with Gasteiger partial charge in [0, 0.05) is 0 Å². The normalized spacial score (nSPS) is 52.7. The standard InChI is InChI=1S/C27H42O4.C26H40O4.C25H40O4/c1-4-22-24-17-11-20(25(24)23(5-2)31-22)21(12-17)26(28)30-14-29-13-27(3)18-7-15-6-16(9-18)10-19(27)8-15;1-3-21-23-18-8-19(24(23)22(4-2)30-21)20(9-18)25(27)29-14-28-13-26-10-15-5-16(11-26)7-17(6-15)12-26;1-6-18-20-14-10-16(21(20)19(7-2)29-18)17(11-14)22(26)27-13-28-23-24(3,4)15-8-9-25(23,5)12-15/h15-25H,4-14H2,1-3H3;15-24H,3-14H2,1-2H3;14-21,23H,6-13H2,1-5H3. The molecule has 3 aliphatic heterocycles. The highest BCUT2D eigenvalue weighted by atomic mass is 16.7. The molecular weight excluding hydrogens is 1130 g/mol. The van der Waals surface area contributed by atoms with Crippen LogP contribution in [-0.4, -0.2) is 94.2 Å². The average molecular weight is 1250 g/mol. The summed E-state index contributed by atoms with van der Waals surface area (Å²) >= 11 is 0. The zero-order valence-electron chi connectivity index (χ0n) is 57.6. The van der Waals surface area contributed by atoms with E-state index in [1.165, 1.54) is 109 Å². The Morgan fingerprint density at radius 2 is 0.767 bits per heavy atom. The third-order valence-electron chi connectivity index (χ3n) is 31.5. The van der Waals surface area contributed by atoms with Crippen molar-refractivity contribution in [2.45, 2.75) is 279 Å². The van der Waals surface area contributed by atoms with Crippen LogP contribution in [-0.2, 0) is 57.0 Å². The van der Waals surface area contributed by atoms with Crippen molar-refractivity contribution in [2.24, 2.45) is 158 Å². The van der Waals surface area contributed by atoms with E-state index < -0.39 is 0 Å². The van der Waals surface area contributed by atoms with Crippen molar-refractivity contribution < 1.29 is 57.0 Å². The Kier molecular flexibility index (Phi) is 17.8. The molecule has 90 heavy (non-hydrogen) atoms. The Morgan fingerprint density at radius 1 is 0.400 bits per heavy atom.